The second-order valence-corrected chi connectivity index (χ2v) is 8.19. The highest BCUT2D eigenvalue weighted by Crippen LogP contribution is 2.29. The van der Waals surface area contributed by atoms with Crippen molar-refractivity contribution in [2.75, 3.05) is 13.4 Å². The van der Waals surface area contributed by atoms with E-state index in [1.165, 1.54) is 6.26 Å². The van der Waals surface area contributed by atoms with Crippen molar-refractivity contribution in [2.24, 2.45) is 0 Å². The van der Waals surface area contributed by atoms with Crippen LogP contribution in [0.15, 0.2) is 71.8 Å². The van der Waals surface area contributed by atoms with Crippen LogP contribution >= 0.6 is 0 Å². The molecule has 0 amide bonds. The van der Waals surface area contributed by atoms with Gasteiger partial charge in [0.1, 0.15) is 5.75 Å². The molecule has 0 saturated heterocycles. The lowest BCUT2D eigenvalue weighted by atomic mass is 10.1. The molecule has 2 aromatic heterocycles. The molecule has 0 N–H and O–H groups in total. The van der Waals surface area contributed by atoms with Crippen LogP contribution in [0.4, 0.5) is 0 Å². The van der Waals surface area contributed by atoms with Crippen LogP contribution in [-0.4, -0.2) is 36.6 Å². The standard InChI is InChI=1S/C20H17N3O3S/c1-26-16-7-3-15(4-8-16)19-13-20-18(11-12-21-23(20)22-19)14-5-9-17(10-6-14)27(2,24)25/h3-13H,1-2H3. The van der Waals surface area contributed by atoms with Crippen molar-refractivity contribution in [3.8, 4) is 28.1 Å². The molecule has 0 atom stereocenters. The second-order valence-electron chi connectivity index (χ2n) is 6.17. The second kappa shape index (κ2) is 6.51. The Morgan fingerprint density at radius 1 is 0.926 bits per heavy atom. The summed E-state index contributed by atoms with van der Waals surface area (Å²) in [5.41, 5.74) is 4.42. The Kier molecular flexibility index (Phi) is 4.16. The first kappa shape index (κ1) is 17.2. The molecule has 0 aliphatic rings. The molecule has 7 heteroatoms. The fourth-order valence-electron chi connectivity index (χ4n) is 2.93. The van der Waals surface area contributed by atoms with Gasteiger partial charge >= 0.3 is 0 Å². The Morgan fingerprint density at radius 3 is 2.22 bits per heavy atom. The van der Waals surface area contributed by atoms with E-state index in [0.29, 0.717) is 4.90 Å². The number of aromatic nitrogens is 3. The number of benzene rings is 2. The van der Waals surface area contributed by atoms with Crippen LogP contribution in [0.5, 0.6) is 5.75 Å². The summed E-state index contributed by atoms with van der Waals surface area (Å²) < 4.78 is 30.1. The van der Waals surface area contributed by atoms with Gasteiger partial charge in [-0.25, -0.2) is 8.42 Å². The Labute approximate surface area is 157 Å². The van der Waals surface area contributed by atoms with Crippen molar-refractivity contribution >= 4 is 15.4 Å². The monoisotopic (exact) mass is 379 g/mol. The van der Waals surface area contributed by atoms with Gasteiger partial charge in [-0.1, -0.05) is 12.1 Å². The van der Waals surface area contributed by atoms with Crippen LogP contribution in [-0.2, 0) is 9.84 Å². The molecule has 136 valence electrons. The number of hydrogen-bond donors (Lipinski definition) is 0. The van der Waals surface area contributed by atoms with Gasteiger partial charge in [0.15, 0.2) is 9.84 Å². The molecule has 4 rings (SSSR count). The topological polar surface area (TPSA) is 73.6 Å². The van der Waals surface area contributed by atoms with Gasteiger partial charge in [0.05, 0.1) is 29.4 Å². The summed E-state index contributed by atoms with van der Waals surface area (Å²) in [6, 6.07) is 18.3. The number of hydrogen-bond acceptors (Lipinski definition) is 5. The Morgan fingerprint density at radius 2 is 1.59 bits per heavy atom. The third kappa shape index (κ3) is 3.29. The first-order valence-corrected chi connectivity index (χ1v) is 10.1. The number of nitrogens with zero attached hydrogens (tertiary/aromatic N) is 3. The summed E-state index contributed by atoms with van der Waals surface area (Å²) in [5.74, 6) is 0.785. The lowest BCUT2D eigenvalue weighted by molar-refractivity contribution is 0.415. The van der Waals surface area contributed by atoms with E-state index in [4.69, 9.17) is 4.74 Å². The van der Waals surface area contributed by atoms with E-state index in [1.54, 1.807) is 42.2 Å². The van der Waals surface area contributed by atoms with Crippen molar-refractivity contribution < 1.29 is 13.2 Å². The normalized spacial score (nSPS) is 11.6. The van der Waals surface area contributed by atoms with E-state index in [9.17, 15) is 8.42 Å². The smallest absolute Gasteiger partial charge is 0.175 e. The quantitative estimate of drug-likeness (QED) is 0.543. The maximum absolute atomic E-state index is 11.7. The van der Waals surface area contributed by atoms with Crippen molar-refractivity contribution in [2.45, 2.75) is 4.90 Å². The molecule has 0 aliphatic carbocycles. The van der Waals surface area contributed by atoms with Gasteiger partial charge in [0.2, 0.25) is 0 Å². The fraction of sp³-hybridized carbons (Fsp3) is 0.100. The largest absolute Gasteiger partial charge is 0.497 e. The first-order chi connectivity index (χ1) is 13.0. The molecule has 2 aromatic carbocycles. The minimum Gasteiger partial charge on any atom is -0.497 e. The van der Waals surface area contributed by atoms with Crippen molar-refractivity contribution in [3.05, 3.63) is 66.9 Å². The third-order valence-electron chi connectivity index (χ3n) is 4.36. The molecule has 0 fully saturated rings. The average Bonchev–Trinajstić information content (AvgIpc) is 3.12. The maximum Gasteiger partial charge on any atom is 0.175 e. The summed E-state index contributed by atoms with van der Waals surface area (Å²) in [6.45, 7) is 0. The van der Waals surface area contributed by atoms with E-state index in [-0.39, 0.29) is 0 Å². The lowest BCUT2D eigenvalue weighted by Gasteiger charge is -2.04. The highest BCUT2D eigenvalue weighted by Gasteiger charge is 2.12. The molecule has 27 heavy (non-hydrogen) atoms. The molecule has 6 nitrogen and oxygen atoms in total. The first-order valence-electron chi connectivity index (χ1n) is 8.26. The Bertz CT molecular complexity index is 1210. The van der Waals surface area contributed by atoms with Crippen LogP contribution in [0.25, 0.3) is 27.9 Å². The van der Waals surface area contributed by atoms with Crippen LogP contribution < -0.4 is 4.74 Å². The van der Waals surface area contributed by atoms with E-state index in [1.807, 2.05) is 36.4 Å². The zero-order valence-corrected chi connectivity index (χ0v) is 15.6. The van der Waals surface area contributed by atoms with Gasteiger partial charge in [-0.15, -0.1) is 5.10 Å². The molecule has 0 spiro atoms. The van der Waals surface area contributed by atoms with Gasteiger partial charge in [-0.05, 0) is 54.1 Å². The fourth-order valence-corrected chi connectivity index (χ4v) is 3.56. The average molecular weight is 379 g/mol. The predicted molar refractivity (Wildman–Crippen MR) is 104 cm³/mol. The van der Waals surface area contributed by atoms with Crippen LogP contribution in [0.3, 0.4) is 0 Å². The number of rotatable bonds is 4. The highest BCUT2D eigenvalue weighted by molar-refractivity contribution is 7.90. The number of ether oxygens (including phenoxy) is 1. The molecule has 0 radical (unpaired) electrons. The van der Waals surface area contributed by atoms with Gasteiger partial charge in [-0.2, -0.15) is 9.73 Å². The van der Waals surface area contributed by atoms with E-state index >= 15 is 0 Å². The van der Waals surface area contributed by atoms with E-state index in [0.717, 1.165) is 33.7 Å². The molecule has 0 aliphatic heterocycles. The zero-order chi connectivity index (χ0) is 19.0. The van der Waals surface area contributed by atoms with Crippen LogP contribution in [0.2, 0.25) is 0 Å². The molecule has 0 unspecified atom stereocenters. The third-order valence-corrected chi connectivity index (χ3v) is 5.49. The number of methoxy groups -OCH3 is 1. The Hall–Kier alpha value is -3.19. The SMILES string of the molecule is COc1ccc(-c2cc3c(-c4ccc(S(C)(=O)=O)cc4)ccnn3n2)cc1. The van der Waals surface area contributed by atoms with Gasteiger partial charge in [0.25, 0.3) is 0 Å². The maximum atomic E-state index is 11.7. The summed E-state index contributed by atoms with van der Waals surface area (Å²) in [7, 11) is -1.59. The molecule has 0 bridgehead atoms. The highest BCUT2D eigenvalue weighted by atomic mass is 32.2. The molecule has 2 heterocycles. The van der Waals surface area contributed by atoms with Gasteiger partial charge < -0.3 is 4.74 Å². The molecular weight excluding hydrogens is 362 g/mol. The van der Waals surface area contributed by atoms with Gasteiger partial charge in [0, 0.05) is 17.4 Å². The van der Waals surface area contributed by atoms with Gasteiger partial charge in [-0.3, -0.25) is 0 Å². The Balaban J connectivity index is 1.79. The van der Waals surface area contributed by atoms with E-state index < -0.39 is 9.84 Å². The van der Waals surface area contributed by atoms with Crippen molar-refractivity contribution in [1.29, 1.82) is 0 Å². The minimum absolute atomic E-state index is 0.295. The number of fused-ring (bicyclic) bond motifs is 1. The van der Waals surface area contributed by atoms with E-state index in [2.05, 4.69) is 10.2 Å². The summed E-state index contributed by atoms with van der Waals surface area (Å²) in [6.07, 6.45) is 2.88. The predicted octanol–water partition coefficient (Wildman–Crippen LogP) is 3.48. The van der Waals surface area contributed by atoms with Crippen molar-refractivity contribution in [1.82, 2.24) is 14.8 Å². The number of sulfone groups is 1. The molecule has 0 saturated carbocycles. The summed E-state index contributed by atoms with van der Waals surface area (Å²) in [4.78, 5) is 0.295. The summed E-state index contributed by atoms with van der Waals surface area (Å²) >= 11 is 0. The summed E-state index contributed by atoms with van der Waals surface area (Å²) in [5, 5.41) is 8.84. The minimum atomic E-state index is -3.22. The van der Waals surface area contributed by atoms with Crippen LogP contribution in [0.1, 0.15) is 0 Å². The molecular formula is C20H17N3O3S. The van der Waals surface area contributed by atoms with Crippen LogP contribution in [0, 0.1) is 0 Å². The van der Waals surface area contributed by atoms with Crippen molar-refractivity contribution in [3.63, 3.8) is 0 Å². The molecule has 4 aromatic rings. The lowest BCUT2D eigenvalue weighted by Crippen LogP contribution is -1.97. The zero-order valence-electron chi connectivity index (χ0n) is 14.8.